The van der Waals surface area contributed by atoms with E-state index in [0.29, 0.717) is 5.02 Å². The second kappa shape index (κ2) is 6.68. The van der Waals surface area contributed by atoms with E-state index < -0.39 is 0 Å². The smallest absolute Gasteiger partial charge is 0.237 e. The number of carbonyl (C=O) groups is 1. The molecule has 0 fully saturated rings. The molecule has 1 N–H and O–H groups in total. The van der Waals surface area contributed by atoms with Gasteiger partial charge in [0.05, 0.1) is 11.8 Å². The zero-order valence-corrected chi connectivity index (χ0v) is 13.2. The SMILES string of the molecule is Cc1ccc(Cl)cc1NC(=O)C(C)SC1=NCCS1. The fourth-order valence-corrected chi connectivity index (χ4v) is 3.86. The number of aryl methyl sites for hydroxylation is 1. The molecular formula is C13H15ClN2OS2. The molecule has 19 heavy (non-hydrogen) atoms. The van der Waals surface area contributed by atoms with Crippen molar-refractivity contribution in [3.63, 3.8) is 0 Å². The molecule has 1 atom stereocenters. The summed E-state index contributed by atoms with van der Waals surface area (Å²) < 4.78 is 1.01. The molecule has 1 heterocycles. The third-order valence-electron chi connectivity index (χ3n) is 2.66. The van der Waals surface area contributed by atoms with Crippen LogP contribution < -0.4 is 5.32 Å². The molecule has 1 aromatic rings. The minimum Gasteiger partial charge on any atom is -0.325 e. The first-order chi connectivity index (χ1) is 9.06. The summed E-state index contributed by atoms with van der Waals surface area (Å²) in [7, 11) is 0. The van der Waals surface area contributed by atoms with Gasteiger partial charge in [-0.3, -0.25) is 9.79 Å². The van der Waals surface area contributed by atoms with Crippen molar-refractivity contribution < 1.29 is 4.79 Å². The van der Waals surface area contributed by atoms with Crippen molar-refractivity contribution in [2.75, 3.05) is 17.6 Å². The van der Waals surface area contributed by atoms with Gasteiger partial charge in [-0.05, 0) is 31.5 Å². The van der Waals surface area contributed by atoms with Crippen LogP contribution in [0.3, 0.4) is 0 Å². The summed E-state index contributed by atoms with van der Waals surface area (Å²) in [6, 6.07) is 5.48. The number of anilines is 1. The van der Waals surface area contributed by atoms with Gasteiger partial charge in [-0.15, -0.1) is 0 Å². The summed E-state index contributed by atoms with van der Waals surface area (Å²) in [6.07, 6.45) is 0. The van der Waals surface area contributed by atoms with Crippen LogP contribution >= 0.6 is 35.1 Å². The highest BCUT2D eigenvalue weighted by Crippen LogP contribution is 2.27. The number of rotatable bonds is 3. The van der Waals surface area contributed by atoms with E-state index >= 15 is 0 Å². The number of halogens is 1. The number of hydrogen-bond acceptors (Lipinski definition) is 4. The maximum atomic E-state index is 12.1. The van der Waals surface area contributed by atoms with E-state index in [1.807, 2.05) is 26.0 Å². The summed E-state index contributed by atoms with van der Waals surface area (Å²) in [4.78, 5) is 16.5. The predicted molar refractivity (Wildman–Crippen MR) is 86.6 cm³/mol. The van der Waals surface area contributed by atoms with Crippen molar-refractivity contribution >= 4 is 51.1 Å². The second-order valence-electron chi connectivity index (χ2n) is 4.20. The van der Waals surface area contributed by atoms with Gasteiger partial charge in [0.1, 0.15) is 4.38 Å². The molecule has 0 bridgehead atoms. The molecule has 0 aliphatic carbocycles. The first kappa shape index (κ1) is 14.8. The van der Waals surface area contributed by atoms with Gasteiger partial charge in [0.15, 0.2) is 0 Å². The Morgan fingerprint density at radius 2 is 2.37 bits per heavy atom. The van der Waals surface area contributed by atoms with Crippen molar-refractivity contribution in [3.05, 3.63) is 28.8 Å². The van der Waals surface area contributed by atoms with Gasteiger partial charge >= 0.3 is 0 Å². The molecule has 1 aliphatic heterocycles. The van der Waals surface area contributed by atoms with Crippen LogP contribution in [-0.2, 0) is 4.79 Å². The van der Waals surface area contributed by atoms with Gasteiger partial charge in [-0.2, -0.15) is 0 Å². The molecule has 1 unspecified atom stereocenters. The number of hydrogen-bond donors (Lipinski definition) is 1. The Kier molecular flexibility index (Phi) is 5.19. The van der Waals surface area contributed by atoms with Crippen LogP contribution in [0.25, 0.3) is 0 Å². The summed E-state index contributed by atoms with van der Waals surface area (Å²) >= 11 is 9.16. The van der Waals surface area contributed by atoms with Gasteiger partial charge < -0.3 is 5.32 Å². The molecule has 3 nitrogen and oxygen atoms in total. The number of thioether (sulfide) groups is 2. The maximum absolute atomic E-state index is 12.1. The summed E-state index contributed by atoms with van der Waals surface area (Å²) in [5, 5.41) is 3.37. The Morgan fingerprint density at radius 1 is 1.58 bits per heavy atom. The Balaban J connectivity index is 1.97. The molecule has 1 aliphatic rings. The van der Waals surface area contributed by atoms with Gasteiger partial charge in [-0.1, -0.05) is 41.2 Å². The van der Waals surface area contributed by atoms with Crippen LogP contribution in [0.4, 0.5) is 5.69 Å². The van der Waals surface area contributed by atoms with Gasteiger partial charge in [-0.25, -0.2) is 0 Å². The minimum atomic E-state index is -0.164. The highest BCUT2D eigenvalue weighted by molar-refractivity contribution is 8.39. The van der Waals surface area contributed by atoms with Crippen LogP contribution in [-0.4, -0.2) is 27.8 Å². The zero-order valence-electron chi connectivity index (χ0n) is 10.8. The van der Waals surface area contributed by atoms with Crippen LogP contribution in [0.5, 0.6) is 0 Å². The number of amides is 1. The van der Waals surface area contributed by atoms with E-state index in [2.05, 4.69) is 10.3 Å². The molecular weight excluding hydrogens is 300 g/mol. The molecule has 2 rings (SSSR count). The van der Waals surface area contributed by atoms with E-state index in [-0.39, 0.29) is 11.2 Å². The Morgan fingerprint density at radius 3 is 3.05 bits per heavy atom. The molecule has 1 amide bonds. The van der Waals surface area contributed by atoms with Crippen molar-refractivity contribution in [1.29, 1.82) is 0 Å². The third-order valence-corrected chi connectivity index (χ3v) is 5.20. The Bertz CT molecular complexity index is 519. The van der Waals surface area contributed by atoms with E-state index in [1.54, 1.807) is 17.8 Å². The number of nitrogens with zero attached hydrogens (tertiary/aromatic N) is 1. The second-order valence-corrected chi connectivity index (χ2v) is 7.31. The summed E-state index contributed by atoms with van der Waals surface area (Å²) in [6.45, 7) is 4.69. The lowest BCUT2D eigenvalue weighted by molar-refractivity contribution is -0.115. The highest BCUT2D eigenvalue weighted by Gasteiger charge is 2.19. The van der Waals surface area contributed by atoms with Crippen LogP contribution in [0.1, 0.15) is 12.5 Å². The minimum absolute atomic E-state index is 0.0226. The fraction of sp³-hybridized carbons (Fsp3) is 0.385. The number of nitrogens with one attached hydrogen (secondary N) is 1. The fourth-order valence-electron chi connectivity index (χ4n) is 1.55. The number of aliphatic imine (C=N–C) groups is 1. The van der Waals surface area contributed by atoms with Crippen molar-refractivity contribution in [3.8, 4) is 0 Å². The van der Waals surface area contributed by atoms with Crippen LogP contribution in [0.15, 0.2) is 23.2 Å². The molecule has 0 saturated heterocycles. The molecule has 0 saturated carbocycles. The van der Waals surface area contributed by atoms with E-state index in [1.165, 1.54) is 11.8 Å². The molecule has 1 aromatic carbocycles. The maximum Gasteiger partial charge on any atom is 0.237 e. The quantitative estimate of drug-likeness (QED) is 0.922. The first-order valence-corrected chi connectivity index (χ1v) is 8.21. The normalized spacial score (nSPS) is 16.1. The van der Waals surface area contributed by atoms with E-state index in [4.69, 9.17) is 11.6 Å². The van der Waals surface area contributed by atoms with Crippen LogP contribution in [0.2, 0.25) is 5.02 Å². The summed E-state index contributed by atoms with van der Waals surface area (Å²) in [5.74, 6) is 0.995. The van der Waals surface area contributed by atoms with E-state index in [0.717, 1.165) is 27.9 Å². The molecule has 6 heteroatoms. The van der Waals surface area contributed by atoms with E-state index in [9.17, 15) is 4.79 Å². The highest BCUT2D eigenvalue weighted by atomic mass is 35.5. The van der Waals surface area contributed by atoms with Gasteiger partial charge in [0.2, 0.25) is 5.91 Å². The van der Waals surface area contributed by atoms with Gasteiger partial charge in [0.25, 0.3) is 0 Å². The zero-order chi connectivity index (χ0) is 13.8. The average Bonchev–Trinajstić information content (AvgIpc) is 2.86. The lowest BCUT2D eigenvalue weighted by atomic mass is 10.2. The average molecular weight is 315 g/mol. The number of benzene rings is 1. The lowest BCUT2D eigenvalue weighted by Crippen LogP contribution is -2.23. The van der Waals surface area contributed by atoms with Crippen molar-refractivity contribution in [1.82, 2.24) is 0 Å². The lowest BCUT2D eigenvalue weighted by Gasteiger charge is -2.13. The molecule has 0 radical (unpaired) electrons. The van der Waals surface area contributed by atoms with Crippen LogP contribution in [0, 0.1) is 6.92 Å². The standard InChI is InChI=1S/C13H15ClN2OS2/c1-8-3-4-10(14)7-11(8)16-12(17)9(2)19-13-15-5-6-18-13/h3-4,7,9H,5-6H2,1-2H3,(H,16,17). The Labute approximate surface area is 126 Å². The molecule has 102 valence electrons. The topological polar surface area (TPSA) is 41.5 Å². The number of carbonyl (C=O) groups excluding carboxylic acids is 1. The first-order valence-electron chi connectivity index (χ1n) is 5.97. The van der Waals surface area contributed by atoms with Gasteiger partial charge in [0, 0.05) is 16.5 Å². The molecule has 0 spiro atoms. The predicted octanol–water partition coefficient (Wildman–Crippen LogP) is 3.81. The monoisotopic (exact) mass is 314 g/mol. The van der Waals surface area contributed by atoms with Crippen molar-refractivity contribution in [2.45, 2.75) is 19.1 Å². The largest absolute Gasteiger partial charge is 0.325 e. The third kappa shape index (κ3) is 4.16. The summed E-state index contributed by atoms with van der Waals surface area (Å²) in [5.41, 5.74) is 1.77. The van der Waals surface area contributed by atoms with Crippen molar-refractivity contribution in [2.24, 2.45) is 4.99 Å². The Hall–Kier alpha value is -0.650. The molecule has 0 aromatic heterocycles.